The van der Waals surface area contributed by atoms with Gasteiger partial charge in [0.25, 0.3) is 0 Å². The molecule has 0 saturated carbocycles. The highest BCUT2D eigenvalue weighted by Gasteiger charge is 2.39. The van der Waals surface area contributed by atoms with Crippen molar-refractivity contribution < 1.29 is 9.84 Å². The Kier molecular flexibility index (Phi) is 5.95. The third-order valence-electron chi connectivity index (χ3n) is 4.38. The first-order valence-corrected chi connectivity index (χ1v) is 8.12. The summed E-state index contributed by atoms with van der Waals surface area (Å²) >= 11 is 3.50. The van der Waals surface area contributed by atoms with Crippen LogP contribution in [-0.2, 0) is 11.3 Å². The summed E-state index contributed by atoms with van der Waals surface area (Å²) < 4.78 is 6.60. The van der Waals surface area contributed by atoms with Gasteiger partial charge < -0.3 is 15.2 Å². The summed E-state index contributed by atoms with van der Waals surface area (Å²) in [7, 11) is 2.03. The zero-order valence-corrected chi connectivity index (χ0v) is 14.6. The Morgan fingerprint density at radius 2 is 2.36 bits per heavy atom. The van der Waals surface area contributed by atoms with Crippen LogP contribution in [-0.4, -0.2) is 55.0 Å². The van der Waals surface area contributed by atoms with Crippen LogP contribution < -0.4 is 5.32 Å². The predicted molar refractivity (Wildman–Crippen MR) is 88.4 cm³/mol. The standard InChI is InChI=1S/C16H22BrN3O2/c1-12-8-22-11-16(10-21,20(12)2)9-19-7-14-5-13(6-18)3-4-15(14)17/h3-5,12,19,21H,7-11H2,1-2H3/t12-,16+/m1/s1. The molecule has 0 amide bonds. The largest absolute Gasteiger partial charge is 0.394 e. The average molecular weight is 368 g/mol. The fourth-order valence-electron chi connectivity index (χ4n) is 2.70. The monoisotopic (exact) mass is 367 g/mol. The normalized spacial score (nSPS) is 25.9. The number of halogens is 1. The number of ether oxygens (including phenoxy) is 1. The van der Waals surface area contributed by atoms with Crippen LogP contribution in [0.15, 0.2) is 22.7 Å². The number of nitrogens with zero attached hydrogens (tertiary/aromatic N) is 2. The molecule has 2 rings (SSSR count). The maximum absolute atomic E-state index is 9.85. The van der Waals surface area contributed by atoms with Crippen molar-refractivity contribution in [3.05, 3.63) is 33.8 Å². The molecule has 0 bridgehead atoms. The molecule has 1 fully saturated rings. The number of morpholine rings is 1. The van der Waals surface area contributed by atoms with Gasteiger partial charge in [-0.15, -0.1) is 0 Å². The lowest BCUT2D eigenvalue weighted by molar-refractivity contribution is -0.106. The molecular formula is C16H22BrN3O2. The highest BCUT2D eigenvalue weighted by Crippen LogP contribution is 2.22. The maximum atomic E-state index is 9.85. The van der Waals surface area contributed by atoms with Gasteiger partial charge in [-0.25, -0.2) is 0 Å². The van der Waals surface area contributed by atoms with E-state index in [1.165, 1.54) is 0 Å². The van der Waals surface area contributed by atoms with Crippen LogP contribution in [0, 0.1) is 11.3 Å². The molecule has 1 aliphatic rings. The van der Waals surface area contributed by atoms with Crippen LogP contribution in [0.4, 0.5) is 0 Å². The summed E-state index contributed by atoms with van der Waals surface area (Å²) in [5, 5.41) is 22.2. The number of hydrogen-bond donors (Lipinski definition) is 2. The first kappa shape index (κ1) is 17.4. The molecule has 0 unspecified atom stereocenters. The van der Waals surface area contributed by atoms with E-state index in [4.69, 9.17) is 10.00 Å². The van der Waals surface area contributed by atoms with Crippen LogP contribution in [0.1, 0.15) is 18.1 Å². The van der Waals surface area contributed by atoms with E-state index in [2.05, 4.69) is 39.1 Å². The Labute approximate surface area is 140 Å². The predicted octanol–water partition coefficient (Wildman–Crippen LogP) is 1.49. The number of rotatable bonds is 5. The zero-order chi connectivity index (χ0) is 16.2. The van der Waals surface area contributed by atoms with Crippen molar-refractivity contribution in [2.45, 2.75) is 25.0 Å². The van der Waals surface area contributed by atoms with E-state index in [0.29, 0.717) is 31.9 Å². The first-order chi connectivity index (χ1) is 10.5. The fourth-order valence-corrected chi connectivity index (χ4v) is 3.09. The van der Waals surface area contributed by atoms with Gasteiger partial charge in [-0.2, -0.15) is 5.26 Å². The lowest BCUT2D eigenvalue weighted by Crippen LogP contribution is -2.65. The molecule has 22 heavy (non-hydrogen) atoms. The molecule has 0 aliphatic carbocycles. The molecular weight excluding hydrogens is 346 g/mol. The molecule has 0 spiro atoms. The van der Waals surface area contributed by atoms with E-state index in [9.17, 15) is 5.11 Å². The topological polar surface area (TPSA) is 68.5 Å². The fraction of sp³-hybridized carbons (Fsp3) is 0.562. The minimum atomic E-state index is -0.406. The Bertz CT molecular complexity index is 561. The number of likely N-dealkylation sites (N-methyl/N-ethyl adjacent to an activating group) is 1. The molecule has 2 N–H and O–H groups in total. The van der Waals surface area contributed by atoms with Gasteiger partial charge in [-0.1, -0.05) is 15.9 Å². The summed E-state index contributed by atoms with van der Waals surface area (Å²) in [5.41, 5.74) is 1.26. The zero-order valence-electron chi connectivity index (χ0n) is 13.0. The van der Waals surface area contributed by atoms with Crippen LogP contribution in [0.2, 0.25) is 0 Å². The summed E-state index contributed by atoms with van der Waals surface area (Å²) in [6, 6.07) is 7.96. The van der Waals surface area contributed by atoms with Crippen molar-refractivity contribution in [2.75, 3.05) is 33.4 Å². The van der Waals surface area contributed by atoms with Crippen molar-refractivity contribution in [3.8, 4) is 6.07 Å². The number of aliphatic hydroxyl groups is 1. The second-order valence-electron chi connectivity index (χ2n) is 5.88. The second-order valence-corrected chi connectivity index (χ2v) is 6.73. The molecule has 6 heteroatoms. The van der Waals surface area contributed by atoms with Crippen LogP contribution in [0.3, 0.4) is 0 Å². The smallest absolute Gasteiger partial charge is 0.0991 e. The molecule has 0 aromatic heterocycles. The van der Waals surface area contributed by atoms with E-state index in [1.54, 1.807) is 6.07 Å². The molecule has 120 valence electrons. The molecule has 5 nitrogen and oxygen atoms in total. The quantitative estimate of drug-likeness (QED) is 0.824. The lowest BCUT2D eigenvalue weighted by Gasteiger charge is -2.47. The number of hydrogen-bond acceptors (Lipinski definition) is 5. The van der Waals surface area contributed by atoms with Crippen molar-refractivity contribution in [3.63, 3.8) is 0 Å². The Morgan fingerprint density at radius 3 is 3.05 bits per heavy atom. The van der Waals surface area contributed by atoms with Gasteiger partial charge in [0, 0.05) is 23.6 Å². The molecule has 1 saturated heterocycles. The molecule has 0 radical (unpaired) electrons. The number of aliphatic hydroxyl groups excluding tert-OH is 1. The van der Waals surface area contributed by atoms with E-state index in [0.717, 1.165) is 10.0 Å². The lowest BCUT2D eigenvalue weighted by atomic mass is 9.96. The van der Waals surface area contributed by atoms with E-state index in [1.807, 2.05) is 19.2 Å². The summed E-state index contributed by atoms with van der Waals surface area (Å²) in [6.07, 6.45) is 0. The van der Waals surface area contributed by atoms with Crippen LogP contribution in [0.5, 0.6) is 0 Å². The molecule has 2 atom stereocenters. The van der Waals surface area contributed by atoms with Gasteiger partial charge >= 0.3 is 0 Å². The number of nitrogens with one attached hydrogen (secondary N) is 1. The molecule has 1 aliphatic heterocycles. The maximum Gasteiger partial charge on any atom is 0.0991 e. The minimum absolute atomic E-state index is 0.0419. The third-order valence-corrected chi connectivity index (χ3v) is 5.15. The van der Waals surface area contributed by atoms with Crippen LogP contribution in [0.25, 0.3) is 0 Å². The Hall–Kier alpha value is -0.970. The van der Waals surface area contributed by atoms with Gasteiger partial charge in [0.15, 0.2) is 0 Å². The SMILES string of the molecule is C[C@@H]1COC[C@@](CO)(CNCc2cc(C#N)ccc2Br)N1C. The average Bonchev–Trinajstić information content (AvgIpc) is 2.53. The summed E-state index contributed by atoms with van der Waals surface area (Å²) in [6.45, 7) is 4.58. The van der Waals surface area contributed by atoms with Crippen molar-refractivity contribution in [2.24, 2.45) is 0 Å². The number of benzene rings is 1. The van der Waals surface area contributed by atoms with Crippen molar-refractivity contribution in [1.29, 1.82) is 5.26 Å². The van der Waals surface area contributed by atoms with Gasteiger partial charge in [0.2, 0.25) is 0 Å². The van der Waals surface area contributed by atoms with Crippen molar-refractivity contribution >= 4 is 15.9 Å². The minimum Gasteiger partial charge on any atom is -0.394 e. The van der Waals surface area contributed by atoms with E-state index in [-0.39, 0.29) is 12.6 Å². The highest BCUT2D eigenvalue weighted by atomic mass is 79.9. The van der Waals surface area contributed by atoms with E-state index >= 15 is 0 Å². The van der Waals surface area contributed by atoms with Crippen LogP contribution >= 0.6 is 15.9 Å². The summed E-state index contributed by atoms with van der Waals surface area (Å²) in [5.74, 6) is 0. The second kappa shape index (κ2) is 7.53. The van der Waals surface area contributed by atoms with Gasteiger partial charge in [-0.3, -0.25) is 4.90 Å². The van der Waals surface area contributed by atoms with Gasteiger partial charge in [-0.05, 0) is 37.7 Å². The molecule has 1 aromatic carbocycles. The Balaban J connectivity index is 2.01. The Morgan fingerprint density at radius 1 is 1.59 bits per heavy atom. The highest BCUT2D eigenvalue weighted by molar-refractivity contribution is 9.10. The molecule has 1 heterocycles. The number of nitriles is 1. The van der Waals surface area contributed by atoms with Crippen molar-refractivity contribution in [1.82, 2.24) is 10.2 Å². The third kappa shape index (κ3) is 3.67. The summed E-state index contributed by atoms with van der Waals surface area (Å²) in [4.78, 5) is 2.18. The van der Waals surface area contributed by atoms with E-state index < -0.39 is 5.54 Å². The van der Waals surface area contributed by atoms with Gasteiger partial charge in [0.05, 0.1) is 37.0 Å². The first-order valence-electron chi connectivity index (χ1n) is 7.33. The van der Waals surface area contributed by atoms with Gasteiger partial charge in [0.1, 0.15) is 0 Å². The molecule has 1 aromatic rings.